The Morgan fingerprint density at radius 3 is 2.55 bits per heavy atom. The molecule has 29 heavy (non-hydrogen) atoms. The van der Waals surface area contributed by atoms with Gasteiger partial charge in [-0.15, -0.1) is 11.3 Å². The van der Waals surface area contributed by atoms with E-state index in [1.165, 1.54) is 17.8 Å². The van der Waals surface area contributed by atoms with Gasteiger partial charge in [0.15, 0.2) is 4.80 Å². The number of rotatable bonds is 7. The Morgan fingerprint density at radius 2 is 1.83 bits per heavy atom. The van der Waals surface area contributed by atoms with Gasteiger partial charge in [0, 0.05) is 18.3 Å². The molecule has 6 heteroatoms. The molecule has 0 saturated carbocycles. The number of nitrogens with one attached hydrogen (secondary N) is 1. The lowest BCUT2D eigenvalue weighted by Crippen LogP contribution is -3.14. The van der Waals surface area contributed by atoms with Gasteiger partial charge in [-0.1, -0.05) is 30.3 Å². The van der Waals surface area contributed by atoms with Gasteiger partial charge >= 0.3 is 0 Å². The summed E-state index contributed by atoms with van der Waals surface area (Å²) in [5.74, 6) is 0.849. The second kappa shape index (κ2) is 9.87. The highest BCUT2D eigenvalue weighted by Crippen LogP contribution is 2.21. The summed E-state index contributed by atoms with van der Waals surface area (Å²) in [5.41, 5.74) is 3.42. The lowest BCUT2D eigenvalue weighted by atomic mass is 10.2. The second-order valence-electron chi connectivity index (χ2n) is 7.20. The van der Waals surface area contributed by atoms with Gasteiger partial charge in [0.1, 0.15) is 18.8 Å². The number of aromatic nitrogens is 1. The van der Waals surface area contributed by atoms with E-state index < -0.39 is 0 Å². The summed E-state index contributed by atoms with van der Waals surface area (Å²) < 4.78 is 13.1. The molecule has 0 atom stereocenters. The average Bonchev–Trinajstić information content (AvgIpc) is 3.18. The zero-order valence-corrected chi connectivity index (χ0v) is 17.7. The molecule has 0 radical (unpaired) electrons. The predicted octanol–water partition coefficient (Wildman–Crippen LogP) is 2.76. The Bertz CT molecular complexity index is 958. The molecule has 0 bridgehead atoms. The number of ether oxygens (including phenoxy) is 2. The Labute approximate surface area is 175 Å². The molecular formula is C23H28N3O2S+. The molecule has 0 aliphatic carbocycles. The predicted molar refractivity (Wildman–Crippen MR) is 117 cm³/mol. The zero-order chi connectivity index (χ0) is 19.9. The van der Waals surface area contributed by atoms with Crippen LogP contribution in [0.25, 0.3) is 11.3 Å². The highest BCUT2D eigenvalue weighted by molar-refractivity contribution is 7.07. The summed E-state index contributed by atoms with van der Waals surface area (Å²) >= 11 is 1.70. The maximum atomic E-state index is 5.48. The first-order valence-corrected chi connectivity index (χ1v) is 11.1. The molecule has 1 N–H and O–H groups in total. The molecule has 152 valence electrons. The van der Waals surface area contributed by atoms with Gasteiger partial charge in [-0.3, -0.25) is 0 Å². The van der Waals surface area contributed by atoms with E-state index in [9.17, 15) is 0 Å². The van der Waals surface area contributed by atoms with Crippen LogP contribution in [-0.4, -0.2) is 44.5 Å². The highest BCUT2D eigenvalue weighted by Gasteiger charge is 2.14. The second-order valence-corrected chi connectivity index (χ2v) is 8.03. The van der Waals surface area contributed by atoms with Crippen LogP contribution in [0.2, 0.25) is 0 Å². The van der Waals surface area contributed by atoms with Crippen molar-refractivity contribution in [3.8, 4) is 17.0 Å². The third-order valence-electron chi connectivity index (χ3n) is 5.28. The van der Waals surface area contributed by atoms with Gasteiger partial charge in [-0.2, -0.15) is 0 Å². The number of hydrogen-bond acceptors (Lipinski definition) is 4. The summed E-state index contributed by atoms with van der Waals surface area (Å²) in [6.45, 7) is 6.13. The molecule has 0 unspecified atom stereocenters. The van der Waals surface area contributed by atoms with Crippen molar-refractivity contribution in [2.75, 3.05) is 40.0 Å². The molecule has 3 aromatic rings. The molecule has 2 heterocycles. The van der Waals surface area contributed by atoms with Crippen LogP contribution in [0.15, 0.2) is 65.0 Å². The molecule has 0 spiro atoms. The summed E-state index contributed by atoms with van der Waals surface area (Å²) in [6, 6.07) is 18.5. The minimum absolute atomic E-state index is 0.849. The number of morpholine rings is 1. The lowest BCUT2D eigenvalue weighted by molar-refractivity contribution is -0.908. The fourth-order valence-corrected chi connectivity index (χ4v) is 4.59. The van der Waals surface area contributed by atoms with E-state index in [2.05, 4.69) is 40.3 Å². The first-order valence-electron chi connectivity index (χ1n) is 10.2. The van der Waals surface area contributed by atoms with Crippen molar-refractivity contribution in [1.29, 1.82) is 0 Å². The van der Waals surface area contributed by atoms with Crippen molar-refractivity contribution in [2.45, 2.75) is 13.0 Å². The third-order valence-corrected chi connectivity index (χ3v) is 6.14. The summed E-state index contributed by atoms with van der Waals surface area (Å²) in [4.78, 5) is 7.60. The molecule has 1 aliphatic rings. The number of methoxy groups -OCH3 is 1. The molecule has 1 aromatic heterocycles. The number of benzene rings is 2. The molecule has 2 aromatic carbocycles. The smallest absolute Gasteiger partial charge is 0.190 e. The van der Waals surface area contributed by atoms with Gasteiger partial charge in [0.05, 0.1) is 38.2 Å². The SMILES string of the molecule is COc1ccc(N=c2scc(-c3ccccc3)n2CCC[NH+]2CCOCC2)cc1. The standard InChI is InChI=1S/C23H27N3O2S/c1-27-21-10-8-20(9-11-21)24-23-26(13-5-12-25-14-16-28-17-15-25)22(18-29-23)19-6-3-2-4-7-19/h2-4,6-11,18H,5,12-17H2,1H3/p+1. The van der Waals surface area contributed by atoms with E-state index in [1.54, 1.807) is 23.3 Å². The van der Waals surface area contributed by atoms with E-state index in [-0.39, 0.29) is 0 Å². The van der Waals surface area contributed by atoms with Gasteiger partial charge in [-0.25, -0.2) is 4.99 Å². The Morgan fingerprint density at radius 1 is 1.07 bits per heavy atom. The molecule has 4 rings (SSSR count). The molecule has 1 saturated heterocycles. The molecule has 1 aliphatic heterocycles. The number of nitrogens with zero attached hydrogens (tertiary/aromatic N) is 2. The average molecular weight is 411 g/mol. The van der Waals surface area contributed by atoms with Crippen LogP contribution in [0, 0.1) is 0 Å². The Hall–Kier alpha value is -2.41. The van der Waals surface area contributed by atoms with Gasteiger partial charge in [-0.05, 0) is 29.8 Å². The maximum Gasteiger partial charge on any atom is 0.190 e. The number of hydrogen-bond donors (Lipinski definition) is 1. The number of quaternary nitrogens is 1. The quantitative estimate of drug-likeness (QED) is 0.651. The molecule has 5 nitrogen and oxygen atoms in total. The number of thiazole rings is 1. The third kappa shape index (κ3) is 5.15. The fourth-order valence-electron chi connectivity index (χ4n) is 3.64. The van der Waals surface area contributed by atoms with E-state index in [4.69, 9.17) is 14.5 Å². The lowest BCUT2D eigenvalue weighted by Gasteiger charge is -2.23. The first kappa shape index (κ1) is 19.9. The van der Waals surface area contributed by atoms with Crippen LogP contribution < -0.4 is 14.4 Å². The van der Waals surface area contributed by atoms with E-state index in [0.29, 0.717) is 0 Å². The van der Waals surface area contributed by atoms with Crippen molar-refractivity contribution in [2.24, 2.45) is 4.99 Å². The minimum atomic E-state index is 0.849. The maximum absolute atomic E-state index is 5.48. The van der Waals surface area contributed by atoms with E-state index in [1.807, 2.05) is 24.3 Å². The van der Waals surface area contributed by atoms with Crippen molar-refractivity contribution >= 4 is 17.0 Å². The molecule has 0 amide bonds. The van der Waals surface area contributed by atoms with Gasteiger partial charge in [0.25, 0.3) is 0 Å². The fraction of sp³-hybridized carbons (Fsp3) is 0.348. The van der Waals surface area contributed by atoms with Crippen LogP contribution in [0.5, 0.6) is 5.75 Å². The van der Waals surface area contributed by atoms with Crippen LogP contribution in [-0.2, 0) is 11.3 Å². The monoisotopic (exact) mass is 410 g/mol. The Balaban J connectivity index is 1.59. The summed E-state index contributed by atoms with van der Waals surface area (Å²) in [5, 5.41) is 2.22. The van der Waals surface area contributed by atoms with Gasteiger partial charge in [0.2, 0.25) is 0 Å². The zero-order valence-electron chi connectivity index (χ0n) is 16.8. The van der Waals surface area contributed by atoms with Crippen molar-refractivity contribution in [3.05, 3.63) is 64.8 Å². The van der Waals surface area contributed by atoms with Crippen LogP contribution in [0.4, 0.5) is 5.69 Å². The van der Waals surface area contributed by atoms with Crippen LogP contribution >= 0.6 is 11.3 Å². The summed E-state index contributed by atoms with van der Waals surface area (Å²) in [6.07, 6.45) is 1.13. The Kier molecular flexibility index (Phi) is 6.77. The normalized spacial score (nSPS) is 15.6. The molecule has 1 fully saturated rings. The largest absolute Gasteiger partial charge is 0.497 e. The van der Waals surface area contributed by atoms with Crippen LogP contribution in [0.3, 0.4) is 0 Å². The van der Waals surface area contributed by atoms with Gasteiger partial charge < -0.3 is 18.9 Å². The molecular weight excluding hydrogens is 382 g/mol. The van der Waals surface area contributed by atoms with Crippen molar-refractivity contribution in [3.63, 3.8) is 0 Å². The van der Waals surface area contributed by atoms with Crippen LogP contribution in [0.1, 0.15) is 6.42 Å². The highest BCUT2D eigenvalue weighted by atomic mass is 32.1. The van der Waals surface area contributed by atoms with Crippen molar-refractivity contribution < 1.29 is 14.4 Å². The topological polar surface area (TPSA) is 40.2 Å². The summed E-state index contributed by atoms with van der Waals surface area (Å²) in [7, 11) is 1.68. The first-order chi connectivity index (χ1) is 14.3. The van der Waals surface area contributed by atoms with E-state index in [0.717, 1.165) is 55.5 Å². The minimum Gasteiger partial charge on any atom is -0.497 e. The van der Waals surface area contributed by atoms with Crippen molar-refractivity contribution in [1.82, 2.24) is 4.57 Å². The van der Waals surface area contributed by atoms with E-state index >= 15 is 0 Å².